The first kappa shape index (κ1) is 20.7. The predicted octanol–water partition coefficient (Wildman–Crippen LogP) is 3.69. The van der Waals surface area contributed by atoms with E-state index >= 15 is 0 Å². The number of anilines is 1. The van der Waals surface area contributed by atoms with Crippen LogP contribution in [0, 0.1) is 0 Å². The number of nitrogens with one attached hydrogen (secondary N) is 3. The van der Waals surface area contributed by atoms with E-state index in [1.54, 1.807) is 6.20 Å². The molecule has 10 nitrogen and oxygen atoms in total. The number of hydrogen-bond acceptors (Lipinski definition) is 7. The molecule has 0 bridgehead atoms. The highest BCUT2D eigenvalue weighted by Crippen LogP contribution is 2.47. The Labute approximate surface area is 195 Å². The third-order valence-corrected chi connectivity index (χ3v) is 6.58. The molecule has 2 aliphatic rings. The maximum Gasteiger partial charge on any atom is 0.437 e. The number of ether oxygens (including phenoxy) is 1. The van der Waals surface area contributed by atoms with Crippen LogP contribution in [-0.4, -0.2) is 37.0 Å². The first-order valence-electron chi connectivity index (χ1n) is 11.4. The van der Waals surface area contributed by atoms with Crippen LogP contribution in [0.2, 0.25) is 0 Å². The zero-order chi connectivity index (χ0) is 23.3. The van der Waals surface area contributed by atoms with Gasteiger partial charge in [0.25, 0.3) is 0 Å². The maximum atomic E-state index is 12.4. The van der Waals surface area contributed by atoms with Crippen molar-refractivity contribution in [1.82, 2.24) is 30.2 Å². The minimum atomic E-state index is -0.607. The molecule has 3 aromatic heterocycles. The van der Waals surface area contributed by atoms with E-state index in [1.165, 1.54) is 11.1 Å². The molecular formula is C24H25N7O3. The Bertz CT molecular complexity index is 1390. The number of fused-ring (bicyclic) bond motifs is 2. The van der Waals surface area contributed by atoms with Gasteiger partial charge >= 0.3 is 6.09 Å². The molecule has 174 valence electrons. The molecule has 4 heterocycles. The number of H-pyrrole nitrogens is 1. The van der Waals surface area contributed by atoms with Gasteiger partial charge in [0.15, 0.2) is 0 Å². The molecule has 6 rings (SSSR count). The maximum absolute atomic E-state index is 12.4. The number of carbonyl (C=O) groups excluding carboxylic acids is 1. The summed E-state index contributed by atoms with van der Waals surface area (Å²) in [6.07, 6.45) is 5.64. The molecule has 0 unspecified atom stereocenters. The van der Waals surface area contributed by atoms with Crippen molar-refractivity contribution < 1.29 is 14.4 Å². The van der Waals surface area contributed by atoms with Crippen molar-refractivity contribution >= 4 is 22.8 Å². The van der Waals surface area contributed by atoms with Gasteiger partial charge in [-0.3, -0.25) is 10.4 Å². The van der Waals surface area contributed by atoms with Crippen molar-refractivity contribution in [2.24, 2.45) is 0 Å². The summed E-state index contributed by atoms with van der Waals surface area (Å²) in [4.78, 5) is 26.6. The normalized spacial score (nSPS) is 18.4. The molecule has 1 amide bonds. The minimum Gasteiger partial charge on any atom is -0.439 e. The van der Waals surface area contributed by atoms with Crippen molar-refractivity contribution in [3.8, 4) is 11.6 Å². The van der Waals surface area contributed by atoms with Gasteiger partial charge in [-0.2, -0.15) is 9.83 Å². The Morgan fingerprint density at radius 2 is 2.12 bits per heavy atom. The van der Waals surface area contributed by atoms with E-state index in [1.807, 2.05) is 30.3 Å². The topological polar surface area (TPSA) is 119 Å². The molecule has 1 aliphatic heterocycles. The number of benzene rings is 1. The SMILES string of the molecule is C[C@H]1Cc2c(ncnc2Oc2ccc3c(ccn3OC(=O)Nc3cc(C4(C)CC4)n[nH]3)c2)CN1. The van der Waals surface area contributed by atoms with Gasteiger partial charge in [-0.05, 0) is 50.5 Å². The quantitative estimate of drug-likeness (QED) is 0.416. The second-order valence-electron chi connectivity index (χ2n) is 9.29. The summed E-state index contributed by atoms with van der Waals surface area (Å²) in [5, 5.41) is 14.1. The lowest BCUT2D eigenvalue weighted by Crippen LogP contribution is -2.33. The smallest absolute Gasteiger partial charge is 0.437 e. The summed E-state index contributed by atoms with van der Waals surface area (Å²) in [5.74, 6) is 1.74. The summed E-state index contributed by atoms with van der Waals surface area (Å²) in [5.41, 5.74) is 3.81. The number of aromatic nitrogens is 5. The molecule has 1 aromatic carbocycles. The van der Waals surface area contributed by atoms with Crippen LogP contribution in [0.4, 0.5) is 10.6 Å². The van der Waals surface area contributed by atoms with Gasteiger partial charge < -0.3 is 14.9 Å². The Morgan fingerprint density at radius 3 is 2.97 bits per heavy atom. The second kappa shape index (κ2) is 7.84. The Hall–Kier alpha value is -3.92. The van der Waals surface area contributed by atoms with Crippen molar-refractivity contribution in [1.29, 1.82) is 0 Å². The van der Waals surface area contributed by atoms with E-state index in [0.717, 1.165) is 47.1 Å². The summed E-state index contributed by atoms with van der Waals surface area (Å²) >= 11 is 0. The Kier molecular flexibility index (Phi) is 4.77. The molecule has 4 aromatic rings. The lowest BCUT2D eigenvalue weighted by molar-refractivity contribution is 0.153. The second-order valence-corrected chi connectivity index (χ2v) is 9.29. The monoisotopic (exact) mass is 459 g/mol. The highest BCUT2D eigenvalue weighted by molar-refractivity contribution is 5.86. The van der Waals surface area contributed by atoms with Crippen LogP contribution >= 0.6 is 0 Å². The molecule has 0 radical (unpaired) electrons. The number of amides is 1. The largest absolute Gasteiger partial charge is 0.439 e. The fourth-order valence-corrected chi connectivity index (χ4v) is 4.24. The van der Waals surface area contributed by atoms with Gasteiger partial charge in [0, 0.05) is 41.2 Å². The van der Waals surface area contributed by atoms with E-state index in [9.17, 15) is 4.79 Å². The van der Waals surface area contributed by atoms with Crippen LogP contribution < -0.4 is 20.2 Å². The van der Waals surface area contributed by atoms with Gasteiger partial charge in [-0.15, -0.1) is 0 Å². The standard InChI is InChI=1S/C24H25N7O3/c1-14-9-17-18(12-25-14)26-13-27-22(17)33-16-3-4-19-15(10-16)5-8-31(19)34-23(32)28-21-11-20(29-30-21)24(2)6-7-24/h3-5,8,10-11,13-14,25H,6-7,9,12H2,1-2H3,(H2,28,29,30,32)/t14-/m0/s1. The van der Waals surface area contributed by atoms with Crippen LogP contribution in [-0.2, 0) is 18.4 Å². The minimum absolute atomic E-state index is 0.122. The van der Waals surface area contributed by atoms with Gasteiger partial charge in [-0.1, -0.05) is 6.92 Å². The first-order chi connectivity index (χ1) is 16.5. The highest BCUT2D eigenvalue weighted by atomic mass is 16.7. The summed E-state index contributed by atoms with van der Waals surface area (Å²) in [6, 6.07) is 9.62. The van der Waals surface area contributed by atoms with Crippen LogP contribution in [0.5, 0.6) is 11.6 Å². The van der Waals surface area contributed by atoms with Crippen LogP contribution in [0.15, 0.2) is 42.9 Å². The van der Waals surface area contributed by atoms with Crippen molar-refractivity contribution in [3.63, 3.8) is 0 Å². The zero-order valence-electron chi connectivity index (χ0n) is 19.0. The zero-order valence-corrected chi connectivity index (χ0v) is 19.0. The highest BCUT2D eigenvalue weighted by Gasteiger charge is 2.41. The molecule has 0 saturated heterocycles. The molecular weight excluding hydrogens is 434 g/mol. The van der Waals surface area contributed by atoms with E-state index in [0.29, 0.717) is 30.0 Å². The molecule has 1 saturated carbocycles. The predicted molar refractivity (Wildman–Crippen MR) is 125 cm³/mol. The third-order valence-electron chi connectivity index (χ3n) is 6.58. The van der Waals surface area contributed by atoms with Crippen LogP contribution in [0.3, 0.4) is 0 Å². The average Bonchev–Trinajstić information content (AvgIpc) is 3.21. The summed E-state index contributed by atoms with van der Waals surface area (Å²) in [7, 11) is 0. The van der Waals surface area contributed by atoms with Gasteiger partial charge in [-0.25, -0.2) is 14.8 Å². The Balaban J connectivity index is 1.16. The number of rotatable bonds is 5. The molecule has 10 heteroatoms. The van der Waals surface area contributed by atoms with Gasteiger partial charge in [0.05, 0.1) is 16.9 Å². The number of aromatic amines is 1. The molecule has 34 heavy (non-hydrogen) atoms. The van der Waals surface area contributed by atoms with E-state index < -0.39 is 6.09 Å². The lowest BCUT2D eigenvalue weighted by Gasteiger charge is -2.23. The van der Waals surface area contributed by atoms with Crippen molar-refractivity contribution in [2.75, 3.05) is 5.32 Å². The summed E-state index contributed by atoms with van der Waals surface area (Å²) < 4.78 is 7.54. The lowest BCUT2D eigenvalue weighted by atomic mass is 10.0. The third kappa shape index (κ3) is 3.86. The van der Waals surface area contributed by atoms with Crippen LogP contribution in [0.25, 0.3) is 10.9 Å². The van der Waals surface area contributed by atoms with E-state index in [-0.39, 0.29) is 5.41 Å². The molecule has 1 aliphatic carbocycles. The van der Waals surface area contributed by atoms with Gasteiger partial charge in [0.2, 0.25) is 5.88 Å². The van der Waals surface area contributed by atoms with Gasteiger partial charge in [0.1, 0.15) is 17.9 Å². The number of nitrogens with zero attached hydrogens (tertiary/aromatic N) is 4. The van der Waals surface area contributed by atoms with Crippen LogP contribution in [0.1, 0.15) is 43.6 Å². The number of hydrogen-bond donors (Lipinski definition) is 3. The average molecular weight is 460 g/mol. The summed E-state index contributed by atoms with van der Waals surface area (Å²) in [6.45, 7) is 4.99. The Morgan fingerprint density at radius 1 is 1.24 bits per heavy atom. The fourth-order valence-electron chi connectivity index (χ4n) is 4.24. The molecule has 1 fully saturated rings. The molecule has 0 spiro atoms. The first-order valence-corrected chi connectivity index (χ1v) is 11.4. The van der Waals surface area contributed by atoms with E-state index in [2.05, 4.69) is 44.6 Å². The van der Waals surface area contributed by atoms with Crippen molar-refractivity contribution in [3.05, 3.63) is 59.8 Å². The fraction of sp³-hybridized carbons (Fsp3) is 0.333. The number of carbonyl (C=O) groups is 1. The molecule has 1 atom stereocenters. The molecule has 3 N–H and O–H groups in total. The van der Waals surface area contributed by atoms with Crippen molar-refractivity contribution in [2.45, 2.75) is 51.1 Å². The van der Waals surface area contributed by atoms with E-state index in [4.69, 9.17) is 9.57 Å².